The fourth-order valence-corrected chi connectivity index (χ4v) is 3.72. The Morgan fingerprint density at radius 1 is 1.44 bits per heavy atom. The Bertz CT molecular complexity index is 578. The Kier molecular flexibility index (Phi) is 3.06. The van der Waals surface area contributed by atoms with Crippen LogP contribution in [0.3, 0.4) is 0 Å². The molecule has 0 amide bonds. The largest absolute Gasteiger partial charge is 0.480 e. The van der Waals surface area contributed by atoms with E-state index in [4.69, 9.17) is 5.11 Å². The first-order valence-corrected chi connectivity index (χ1v) is 7.05. The van der Waals surface area contributed by atoms with Gasteiger partial charge >= 0.3 is 5.97 Å². The van der Waals surface area contributed by atoms with Gasteiger partial charge in [0.05, 0.1) is 0 Å². The second-order valence-electron chi connectivity index (χ2n) is 4.78. The highest BCUT2D eigenvalue weighted by Gasteiger charge is 2.32. The summed E-state index contributed by atoms with van der Waals surface area (Å²) in [4.78, 5) is 11.1. The first-order chi connectivity index (χ1) is 8.75. The van der Waals surface area contributed by atoms with Crippen LogP contribution in [0.25, 0.3) is 10.1 Å². The summed E-state index contributed by atoms with van der Waals surface area (Å²) in [6.45, 7) is 0.809. The van der Waals surface area contributed by atoms with E-state index in [1.165, 1.54) is 15.6 Å². The number of carbonyl (C=O) groups is 1. The number of fused-ring (bicyclic) bond motifs is 1. The van der Waals surface area contributed by atoms with Crippen LogP contribution >= 0.6 is 11.3 Å². The summed E-state index contributed by atoms with van der Waals surface area (Å²) >= 11 is 1.74. The quantitative estimate of drug-likeness (QED) is 0.892. The van der Waals surface area contributed by atoms with Gasteiger partial charge in [0, 0.05) is 4.70 Å². The summed E-state index contributed by atoms with van der Waals surface area (Å²) in [6, 6.07) is 7.94. The van der Waals surface area contributed by atoms with E-state index < -0.39 is 5.97 Å². The molecule has 3 nitrogen and oxygen atoms in total. The Hall–Kier alpha value is -1.39. The molecule has 1 aromatic heterocycles. The summed E-state index contributed by atoms with van der Waals surface area (Å²) in [5.74, 6) is -0.516. The van der Waals surface area contributed by atoms with Gasteiger partial charge in [-0.3, -0.25) is 4.79 Å². The summed E-state index contributed by atoms with van der Waals surface area (Å²) < 4.78 is 1.28. The molecule has 1 aromatic carbocycles. The number of carboxylic acid groups (broad SMARTS) is 1. The van der Waals surface area contributed by atoms with Gasteiger partial charge in [-0.1, -0.05) is 18.2 Å². The Labute approximate surface area is 109 Å². The van der Waals surface area contributed by atoms with Crippen molar-refractivity contribution in [2.75, 3.05) is 6.54 Å². The monoisotopic (exact) mass is 261 g/mol. The van der Waals surface area contributed by atoms with Gasteiger partial charge in [0.25, 0.3) is 0 Å². The van der Waals surface area contributed by atoms with E-state index in [2.05, 4.69) is 22.8 Å². The van der Waals surface area contributed by atoms with Gasteiger partial charge in [0.2, 0.25) is 0 Å². The molecule has 1 unspecified atom stereocenters. The predicted octanol–water partition coefficient (Wildman–Crippen LogP) is 2.51. The van der Waals surface area contributed by atoms with Crippen molar-refractivity contribution in [3.63, 3.8) is 0 Å². The van der Waals surface area contributed by atoms with Crippen LogP contribution in [0, 0.1) is 5.92 Å². The second-order valence-corrected chi connectivity index (χ2v) is 5.69. The van der Waals surface area contributed by atoms with Gasteiger partial charge in [-0.2, -0.15) is 0 Å². The average molecular weight is 261 g/mol. The summed E-state index contributed by atoms with van der Waals surface area (Å²) in [5, 5.41) is 15.7. The van der Waals surface area contributed by atoms with Gasteiger partial charge in [0.1, 0.15) is 6.04 Å². The summed E-state index contributed by atoms with van der Waals surface area (Å²) in [7, 11) is 0. The molecule has 0 aliphatic carbocycles. The van der Waals surface area contributed by atoms with E-state index in [-0.39, 0.29) is 12.0 Å². The number of benzene rings is 1. The molecule has 1 aliphatic rings. The highest BCUT2D eigenvalue weighted by Crippen LogP contribution is 2.30. The zero-order chi connectivity index (χ0) is 12.5. The molecule has 1 saturated heterocycles. The molecule has 4 heteroatoms. The van der Waals surface area contributed by atoms with Gasteiger partial charge in [-0.05, 0) is 47.7 Å². The normalized spacial score (nSPS) is 23.6. The van der Waals surface area contributed by atoms with E-state index in [1.807, 2.05) is 12.1 Å². The minimum Gasteiger partial charge on any atom is -0.480 e. The minimum absolute atomic E-state index is 0.209. The van der Waals surface area contributed by atoms with Crippen LogP contribution in [-0.2, 0) is 11.2 Å². The molecule has 0 radical (unpaired) electrons. The fraction of sp³-hybridized carbons (Fsp3) is 0.357. The molecule has 0 spiro atoms. The third-order valence-electron chi connectivity index (χ3n) is 3.66. The average Bonchev–Trinajstić information content (AvgIpc) is 2.97. The number of aliphatic carboxylic acids is 1. The molecule has 3 rings (SSSR count). The van der Waals surface area contributed by atoms with E-state index >= 15 is 0 Å². The van der Waals surface area contributed by atoms with Gasteiger partial charge in [-0.25, -0.2) is 0 Å². The van der Waals surface area contributed by atoms with E-state index in [0.29, 0.717) is 0 Å². The summed E-state index contributed by atoms with van der Waals surface area (Å²) in [6.07, 6.45) is 1.80. The van der Waals surface area contributed by atoms with Crippen molar-refractivity contribution in [1.82, 2.24) is 5.32 Å². The zero-order valence-corrected chi connectivity index (χ0v) is 10.7. The van der Waals surface area contributed by atoms with E-state index in [0.717, 1.165) is 19.4 Å². The Balaban J connectivity index is 1.86. The maximum Gasteiger partial charge on any atom is 0.320 e. The van der Waals surface area contributed by atoms with E-state index in [9.17, 15) is 4.79 Å². The van der Waals surface area contributed by atoms with E-state index in [1.54, 1.807) is 11.3 Å². The third kappa shape index (κ3) is 2.02. The predicted molar refractivity (Wildman–Crippen MR) is 73.1 cm³/mol. The van der Waals surface area contributed by atoms with Crippen LogP contribution in [-0.4, -0.2) is 23.7 Å². The lowest BCUT2D eigenvalue weighted by Gasteiger charge is -2.14. The van der Waals surface area contributed by atoms with Crippen LogP contribution in [0.1, 0.15) is 12.0 Å². The van der Waals surface area contributed by atoms with Crippen LogP contribution in [0.4, 0.5) is 0 Å². The highest BCUT2D eigenvalue weighted by molar-refractivity contribution is 7.17. The lowest BCUT2D eigenvalue weighted by molar-refractivity contribution is -0.140. The standard InChI is InChI=1S/C14H15NO2S/c16-14(17)13-9(5-6-15-13)7-10-8-18-12-4-2-1-3-11(10)12/h1-4,8-9,13,15H,5-7H2,(H,16,17)/t9?,13-/m0/s1. The van der Waals surface area contributed by atoms with Gasteiger partial charge in [-0.15, -0.1) is 11.3 Å². The number of thiophene rings is 1. The molecule has 1 aliphatic heterocycles. The van der Waals surface area contributed by atoms with Crippen LogP contribution in [0.5, 0.6) is 0 Å². The zero-order valence-electron chi connectivity index (χ0n) is 9.93. The van der Waals surface area contributed by atoms with Crippen molar-refractivity contribution in [3.8, 4) is 0 Å². The Morgan fingerprint density at radius 2 is 2.28 bits per heavy atom. The van der Waals surface area contributed by atoms with Crippen LogP contribution in [0.2, 0.25) is 0 Å². The molecule has 0 saturated carbocycles. The van der Waals surface area contributed by atoms with Gasteiger partial charge < -0.3 is 10.4 Å². The number of rotatable bonds is 3. The lowest BCUT2D eigenvalue weighted by Crippen LogP contribution is -2.36. The topological polar surface area (TPSA) is 49.3 Å². The fourth-order valence-electron chi connectivity index (χ4n) is 2.74. The number of hydrogen-bond donors (Lipinski definition) is 2. The Morgan fingerprint density at radius 3 is 3.11 bits per heavy atom. The first kappa shape index (κ1) is 11.7. The molecular weight excluding hydrogens is 246 g/mol. The molecule has 2 atom stereocenters. The van der Waals surface area contributed by atoms with Crippen molar-refractivity contribution < 1.29 is 9.90 Å². The van der Waals surface area contributed by atoms with Gasteiger partial charge in [0.15, 0.2) is 0 Å². The molecule has 1 fully saturated rings. The van der Waals surface area contributed by atoms with Crippen molar-refractivity contribution in [2.24, 2.45) is 5.92 Å². The maximum atomic E-state index is 11.1. The summed E-state index contributed by atoms with van der Waals surface area (Å²) in [5.41, 5.74) is 1.29. The van der Waals surface area contributed by atoms with Crippen LogP contribution < -0.4 is 5.32 Å². The van der Waals surface area contributed by atoms with Crippen molar-refractivity contribution in [3.05, 3.63) is 35.2 Å². The maximum absolute atomic E-state index is 11.1. The second kappa shape index (κ2) is 4.71. The van der Waals surface area contributed by atoms with Crippen molar-refractivity contribution >= 4 is 27.4 Å². The molecule has 2 aromatic rings. The lowest BCUT2D eigenvalue weighted by atomic mass is 9.92. The number of hydrogen-bond acceptors (Lipinski definition) is 3. The van der Waals surface area contributed by atoms with Crippen molar-refractivity contribution in [2.45, 2.75) is 18.9 Å². The molecular formula is C14H15NO2S. The highest BCUT2D eigenvalue weighted by atomic mass is 32.1. The molecule has 94 valence electrons. The molecule has 0 bridgehead atoms. The molecule has 18 heavy (non-hydrogen) atoms. The SMILES string of the molecule is O=C(O)[C@H]1NCCC1Cc1csc2ccccc12. The number of carboxylic acids is 1. The number of nitrogens with one attached hydrogen (secondary N) is 1. The molecule has 2 N–H and O–H groups in total. The smallest absolute Gasteiger partial charge is 0.320 e. The van der Waals surface area contributed by atoms with Crippen LogP contribution in [0.15, 0.2) is 29.6 Å². The third-order valence-corrected chi connectivity index (χ3v) is 4.67. The minimum atomic E-state index is -0.725. The molecule has 2 heterocycles. The first-order valence-electron chi connectivity index (χ1n) is 6.17. The van der Waals surface area contributed by atoms with Crippen molar-refractivity contribution in [1.29, 1.82) is 0 Å².